The molecular formula is C22H26N6OS. The molecule has 0 radical (unpaired) electrons. The van der Waals surface area contributed by atoms with Crippen LogP contribution in [0.1, 0.15) is 48.1 Å². The minimum atomic E-state index is 0.527. The number of aryl methyl sites for hydroxylation is 2. The standard InChI is InChI=1S/C22H26N6OS/c1-14-21(30-15(2)24-14)18-5-6-20(27-26-18)29-13-16-8-11-28(12-9-16)19-7-10-23-22(25-19)17-3-4-17/h5-7,10,16-17H,3-4,8-9,11-13H2,1-2H3. The fraction of sp³-hybridized carbons (Fsp3) is 0.500. The molecule has 3 aromatic heterocycles. The van der Waals surface area contributed by atoms with E-state index in [9.17, 15) is 0 Å². The lowest BCUT2D eigenvalue weighted by Crippen LogP contribution is -2.36. The van der Waals surface area contributed by atoms with E-state index in [-0.39, 0.29) is 0 Å². The second-order valence-corrected chi connectivity index (χ2v) is 9.40. The number of thiazole rings is 1. The Morgan fingerprint density at radius 2 is 1.87 bits per heavy atom. The third-order valence-corrected chi connectivity index (χ3v) is 6.88. The molecule has 7 nitrogen and oxygen atoms in total. The van der Waals surface area contributed by atoms with Crippen molar-refractivity contribution in [3.63, 3.8) is 0 Å². The summed E-state index contributed by atoms with van der Waals surface area (Å²) >= 11 is 1.65. The van der Waals surface area contributed by atoms with Crippen molar-refractivity contribution >= 4 is 17.2 Å². The highest BCUT2D eigenvalue weighted by molar-refractivity contribution is 7.15. The average molecular weight is 423 g/mol. The Kier molecular flexibility index (Phi) is 5.33. The summed E-state index contributed by atoms with van der Waals surface area (Å²) < 4.78 is 5.94. The minimum Gasteiger partial charge on any atom is -0.476 e. The van der Waals surface area contributed by atoms with E-state index in [1.54, 1.807) is 11.3 Å². The molecule has 1 aliphatic heterocycles. The van der Waals surface area contributed by atoms with Crippen molar-refractivity contribution in [2.45, 2.75) is 45.4 Å². The van der Waals surface area contributed by atoms with Crippen LogP contribution in [0, 0.1) is 19.8 Å². The Labute approximate surface area is 180 Å². The highest BCUT2D eigenvalue weighted by Gasteiger charge is 2.28. The van der Waals surface area contributed by atoms with Crippen LogP contribution in [0.25, 0.3) is 10.6 Å². The smallest absolute Gasteiger partial charge is 0.233 e. The highest BCUT2D eigenvalue weighted by Crippen LogP contribution is 2.38. The van der Waals surface area contributed by atoms with Crippen molar-refractivity contribution in [2.75, 3.05) is 24.6 Å². The van der Waals surface area contributed by atoms with Crippen molar-refractivity contribution < 1.29 is 4.74 Å². The van der Waals surface area contributed by atoms with Crippen LogP contribution in [0.4, 0.5) is 5.82 Å². The summed E-state index contributed by atoms with van der Waals surface area (Å²) in [6.45, 7) is 6.70. The van der Waals surface area contributed by atoms with Gasteiger partial charge in [-0.3, -0.25) is 0 Å². The molecule has 1 saturated carbocycles. The highest BCUT2D eigenvalue weighted by atomic mass is 32.1. The first-order valence-electron chi connectivity index (χ1n) is 10.6. The number of nitrogens with zero attached hydrogens (tertiary/aromatic N) is 6. The first kappa shape index (κ1) is 19.4. The second kappa shape index (κ2) is 8.26. The number of ether oxygens (including phenoxy) is 1. The van der Waals surface area contributed by atoms with Crippen LogP contribution in [0.2, 0.25) is 0 Å². The summed E-state index contributed by atoms with van der Waals surface area (Å²) in [6, 6.07) is 5.91. The third-order valence-electron chi connectivity index (χ3n) is 5.78. The van der Waals surface area contributed by atoms with E-state index in [4.69, 9.17) is 9.72 Å². The Morgan fingerprint density at radius 3 is 2.53 bits per heavy atom. The van der Waals surface area contributed by atoms with Crippen molar-refractivity contribution in [3.8, 4) is 16.5 Å². The minimum absolute atomic E-state index is 0.527. The summed E-state index contributed by atoms with van der Waals surface area (Å²) in [5, 5.41) is 9.65. The molecule has 0 amide bonds. The van der Waals surface area contributed by atoms with Crippen LogP contribution in [-0.2, 0) is 0 Å². The molecule has 1 aliphatic carbocycles. The topological polar surface area (TPSA) is 76.9 Å². The van der Waals surface area contributed by atoms with Crippen LogP contribution in [0.3, 0.4) is 0 Å². The molecule has 156 valence electrons. The van der Waals surface area contributed by atoms with Crippen molar-refractivity contribution in [3.05, 3.63) is 40.9 Å². The molecule has 2 fully saturated rings. The van der Waals surface area contributed by atoms with E-state index in [0.29, 0.717) is 24.3 Å². The first-order valence-corrected chi connectivity index (χ1v) is 11.5. The molecule has 0 N–H and O–H groups in total. The molecule has 8 heteroatoms. The van der Waals surface area contributed by atoms with Gasteiger partial charge < -0.3 is 9.64 Å². The van der Waals surface area contributed by atoms with E-state index < -0.39 is 0 Å². The summed E-state index contributed by atoms with van der Waals surface area (Å²) in [5.74, 6) is 3.79. The fourth-order valence-electron chi connectivity index (χ4n) is 3.90. The maximum atomic E-state index is 5.94. The van der Waals surface area contributed by atoms with Gasteiger partial charge in [0.25, 0.3) is 0 Å². The lowest BCUT2D eigenvalue weighted by Gasteiger charge is -2.32. The lowest BCUT2D eigenvalue weighted by molar-refractivity contribution is 0.214. The largest absolute Gasteiger partial charge is 0.476 e. The second-order valence-electron chi connectivity index (χ2n) is 8.19. The molecule has 0 spiro atoms. The molecule has 30 heavy (non-hydrogen) atoms. The number of rotatable bonds is 6. The lowest BCUT2D eigenvalue weighted by atomic mass is 9.98. The van der Waals surface area contributed by atoms with E-state index >= 15 is 0 Å². The maximum absolute atomic E-state index is 5.94. The van der Waals surface area contributed by atoms with Crippen molar-refractivity contribution in [2.24, 2.45) is 5.92 Å². The summed E-state index contributed by atoms with van der Waals surface area (Å²) in [4.78, 5) is 17.1. The number of aromatic nitrogens is 5. The SMILES string of the molecule is Cc1nc(C)c(-c2ccc(OCC3CCN(c4ccnc(C5CC5)n4)CC3)nn2)s1. The van der Waals surface area contributed by atoms with Gasteiger partial charge in [0.15, 0.2) is 0 Å². The zero-order valence-electron chi connectivity index (χ0n) is 17.4. The normalized spacial score (nSPS) is 17.3. The van der Waals surface area contributed by atoms with Crippen molar-refractivity contribution in [1.29, 1.82) is 0 Å². The summed E-state index contributed by atoms with van der Waals surface area (Å²) in [5.41, 5.74) is 1.86. The zero-order valence-corrected chi connectivity index (χ0v) is 18.2. The van der Waals surface area contributed by atoms with Gasteiger partial charge in [-0.15, -0.1) is 21.5 Å². The molecule has 0 bridgehead atoms. The number of anilines is 1. The molecule has 1 saturated heterocycles. The first-order chi connectivity index (χ1) is 14.7. The predicted molar refractivity (Wildman–Crippen MR) is 117 cm³/mol. The van der Waals surface area contributed by atoms with E-state index in [1.807, 2.05) is 38.2 Å². The van der Waals surface area contributed by atoms with Gasteiger partial charge in [0.05, 0.1) is 22.2 Å². The third kappa shape index (κ3) is 4.28. The van der Waals surface area contributed by atoms with E-state index in [0.717, 1.165) is 58.8 Å². The summed E-state index contributed by atoms with van der Waals surface area (Å²) in [6.07, 6.45) is 6.55. The maximum Gasteiger partial charge on any atom is 0.233 e. The van der Waals surface area contributed by atoms with Gasteiger partial charge in [0.1, 0.15) is 17.3 Å². The number of piperidine rings is 1. The predicted octanol–water partition coefficient (Wildman–Crippen LogP) is 4.18. The molecule has 0 unspecified atom stereocenters. The van der Waals surface area contributed by atoms with Gasteiger partial charge in [-0.1, -0.05) is 0 Å². The van der Waals surface area contributed by atoms with Gasteiger partial charge in [-0.05, 0) is 57.6 Å². The monoisotopic (exact) mass is 422 g/mol. The van der Waals surface area contributed by atoms with Gasteiger partial charge in [0, 0.05) is 31.3 Å². The Bertz CT molecular complexity index is 1010. The molecule has 4 heterocycles. The van der Waals surface area contributed by atoms with Gasteiger partial charge in [-0.2, -0.15) is 0 Å². The van der Waals surface area contributed by atoms with Gasteiger partial charge in [-0.25, -0.2) is 15.0 Å². The molecule has 0 atom stereocenters. The zero-order chi connectivity index (χ0) is 20.5. The van der Waals surface area contributed by atoms with E-state index in [2.05, 4.69) is 25.1 Å². The molecule has 5 rings (SSSR count). The Balaban J connectivity index is 1.13. The van der Waals surface area contributed by atoms with Crippen LogP contribution >= 0.6 is 11.3 Å². The molecule has 2 aliphatic rings. The molecule has 3 aromatic rings. The van der Waals surface area contributed by atoms with Crippen LogP contribution < -0.4 is 9.64 Å². The van der Waals surface area contributed by atoms with Gasteiger partial charge in [0.2, 0.25) is 5.88 Å². The molecule has 0 aromatic carbocycles. The molecular weight excluding hydrogens is 396 g/mol. The Morgan fingerprint density at radius 1 is 1.03 bits per heavy atom. The average Bonchev–Trinajstić information content (AvgIpc) is 3.57. The fourth-order valence-corrected chi connectivity index (χ4v) is 4.78. The van der Waals surface area contributed by atoms with Crippen LogP contribution in [0.15, 0.2) is 24.4 Å². The van der Waals surface area contributed by atoms with Gasteiger partial charge >= 0.3 is 0 Å². The van der Waals surface area contributed by atoms with Crippen LogP contribution in [0.5, 0.6) is 5.88 Å². The van der Waals surface area contributed by atoms with Crippen LogP contribution in [-0.4, -0.2) is 44.8 Å². The van der Waals surface area contributed by atoms with Crippen molar-refractivity contribution in [1.82, 2.24) is 25.1 Å². The van der Waals surface area contributed by atoms with E-state index in [1.165, 1.54) is 12.8 Å². The number of hydrogen-bond donors (Lipinski definition) is 0. The Hall–Kier alpha value is -2.61. The summed E-state index contributed by atoms with van der Waals surface area (Å²) in [7, 11) is 0. The quantitative estimate of drug-likeness (QED) is 0.590. The number of hydrogen-bond acceptors (Lipinski definition) is 8.